The molecular weight excluding hydrogens is 348 g/mol. The number of thiophene rings is 1. The van der Waals surface area contributed by atoms with E-state index in [1.807, 2.05) is 42.6 Å². The van der Waals surface area contributed by atoms with Crippen molar-refractivity contribution in [3.63, 3.8) is 0 Å². The van der Waals surface area contributed by atoms with Crippen molar-refractivity contribution in [2.24, 2.45) is 0 Å². The minimum atomic E-state index is -0.194. The van der Waals surface area contributed by atoms with E-state index in [9.17, 15) is 9.59 Å². The molecule has 1 aliphatic heterocycles. The molecule has 2 heterocycles. The maximum absolute atomic E-state index is 12.2. The molecule has 2 amide bonds. The smallest absolute Gasteiger partial charge is 0.253 e. The number of hydrogen-bond acceptors (Lipinski definition) is 4. The number of amides is 2. The summed E-state index contributed by atoms with van der Waals surface area (Å²) in [5.41, 5.74) is 3.24. The lowest BCUT2D eigenvalue weighted by Gasteiger charge is -2.33. The van der Waals surface area contributed by atoms with Gasteiger partial charge in [-0.25, -0.2) is 0 Å². The second-order valence-electron chi connectivity index (χ2n) is 6.59. The molecule has 5 nitrogen and oxygen atoms in total. The molecule has 0 radical (unpaired) electrons. The third-order valence-corrected chi connectivity index (χ3v) is 5.57. The van der Waals surface area contributed by atoms with Crippen LogP contribution in [0.3, 0.4) is 0 Å². The largest absolute Gasteiger partial charge is 0.365 e. The maximum atomic E-state index is 12.2. The fraction of sp³-hybridized carbons (Fsp3) is 0.400. The van der Waals surface area contributed by atoms with Crippen LogP contribution in [-0.2, 0) is 20.7 Å². The summed E-state index contributed by atoms with van der Waals surface area (Å²) in [5.74, 6) is -0.0369. The van der Waals surface area contributed by atoms with E-state index in [0.29, 0.717) is 19.5 Å². The SMILES string of the molecule is Cc1ccc(N2CC(CNC(=O)CCc3cccs3)OCC2=O)cc1C. The van der Waals surface area contributed by atoms with Gasteiger partial charge >= 0.3 is 0 Å². The Morgan fingerprint density at radius 1 is 1.31 bits per heavy atom. The van der Waals surface area contributed by atoms with Crippen molar-refractivity contribution < 1.29 is 14.3 Å². The van der Waals surface area contributed by atoms with Gasteiger partial charge in [0.2, 0.25) is 5.91 Å². The zero-order chi connectivity index (χ0) is 18.5. The first-order chi connectivity index (χ1) is 12.5. The Bertz CT molecular complexity index is 773. The van der Waals surface area contributed by atoms with Crippen molar-refractivity contribution in [2.75, 3.05) is 24.6 Å². The average molecular weight is 372 g/mol. The van der Waals surface area contributed by atoms with Crippen molar-refractivity contribution in [1.82, 2.24) is 5.32 Å². The van der Waals surface area contributed by atoms with E-state index in [2.05, 4.69) is 12.2 Å². The van der Waals surface area contributed by atoms with Crippen molar-refractivity contribution >= 4 is 28.8 Å². The first-order valence-electron chi connectivity index (χ1n) is 8.81. The first kappa shape index (κ1) is 18.6. The quantitative estimate of drug-likeness (QED) is 0.848. The molecule has 0 spiro atoms. The molecule has 1 fully saturated rings. The summed E-state index contributed by atoms with van der Waals surface area (Å²) >= 11 is 1.66. The Morgan fingerprint density at radius 2 is 2.15 bits per heavy atom. The second-order valence-corrected chi connectivity index (χ2v) is 7.62. The number of benzene rings is 1. The molecule has 0 aliphatic carbocycles. The van der Waals surface area contributed by atoms with Crippen molar-refractivity contribution in [1.29, 1.82) is 0 Å². The number of anilines is 1. The van der Waals surface area contributed by atoms with Crippen LogP contribution in [0, 0.1) is 13.8 Å². The van der Waals surface area contributed by atoms with Crippen LogP contribution >= 0.6 is 11.3 Å². The van der Waals surface area contributed by atoms with E-state index in [1.54, 1.807) is 16.2 Å². The molecule has 1 N–H and O–H groups in total. The number of nitrogens with zero attached hydrogens (tertiary/aromatic N) is 1. The predicted molar refractivity (Wildman–Crippen MR) is 104 cm³/mol. The van der Waals surface area contributed by atoms with Gasteiger partial charge < -0.3 is 15.0 Å². The predicted octanol–water partition coefficient (Wildman–Crippen LogP) is 2.85. The van der Waals surface area contributed by atoms with E-state index in [-0.39, 0.29) is 24.5 Å². The molecular formula is C20H24N2O3S. The Hall–Kier alpha value is -2.18. The Morgan fingerprint density at radius 3 is 2.88 bits per heavy atom. The average Bonchev–Trinajstić information content (AvgIpc) is 3.15. The van der Waals surface area contributed by atoms with Crippen LogP contribution in [0.1, 0.15) is 22.4 Å². The van der Waals surface area contributed by atoms with Gasteiger partial charge in [0.05, 0.1) is 12.6 Å². The first-order valence-corrected chi connectivity index (χ1v) is 9.69. The minimum absolute atomic E-state index is 0.0108. The Labute approximate surface area is 158 Å². The molecule has 26 heavy (non-hydrogen) atoms. The highest BCUT2D eigenvalue weighted by Gasteiger charge is 2.27. The van der Waals surface area contributed by atoms with Gasteiger partial charge in [0, 0.05) is 23.5 Å². The number of carbonyl (C=O) groups excluding carboxylic acids is 2. The van der Waals surface area contributed by atoms with Crippen LogP contribution in [0.25, 0.3) is 0 Å². The zero-order valence-corrected chi connectivity index (χ0v) is 16.0. The maximum Gasteiger partial charge on any atom is 0.253 e. The highest BCUT2D eigenvalue weighted by atomic mass is 32.1. The lowest BCUT2D eigenvalue weighted by Crippen LogP contribution is -2.50. The molecule has 0 saturated carbocycles. The molecule has 1 aromatic heterocycles. The van der Waals surface area contributed by atoms with Gasteiger partial charge in [0.15, 0.2) is 0 Å². The van der Waals surface area contributed by atoms with Crippen LogP contribution in [0.5, 0.6) is 0 Å². The molecule has 1 atom stereocenters. The summed E-state index contributed by atoms with van der Waals surface area (Å²) in [6.07, 6.45) is 1.02. The van der Waals surface area contributed by atoms with E-state index in [0.717, 1.165) is 17.7 Å². The summed E-state index contributed by atoms with van der Waals surface area (Å²) < 4.78 is 5.59. The van der Waals surface area contributed by atoms with Crippen LogP contribution in [0.4, 0.5) is 5.69 Å². The van der Waals surface area contributed by atoms with Gasteiger partial charge in [-0.2, -0.15) is 0 Å². The van der Waals surface area contributed by atoms with E-state index in [4.69, 9.17) is 4.74 Å². The lowest BCUT2D eigenvalue weighted by molar-refractivity contribution is -0.129. The van der Waals surface area contributed by atoms with Crippen LogP contribution in [-0.4, -0.2) is 37.6 Å². The van der Waals surface area contributed by atoms with Gasteiger partial charge in [-0.3, -0.25) is 9.59 Å². The third-order valence-electron chi connectivity index (χ3n) is 4.64. The third kappa shape index (κ3) is 4.71. The number of morpholine rings is 1. The molecule has 1 aliphatic rings. The van der Waals surface area contributed by atoms with Crippen molar-refractivity contribution in [2.45, 2.75) is 32.8 Å². The molecule has 6 heteroatoms. The van der Waals surface area contributed by atoms with Gasteiger partial charge in [0.1, 0.15) is 6.61 Å². The number of rotatable bonds is 6. The van der Waals surface area contributed by atoms with E-state index < -0.39 is 0 Å². The summed E-state index contributed by atoms with van der Waals surface area (Å²) in [5, 5.41) is 4.94. The molecule has 1 aromatic carbocycles. The van der Waals surface area contributed by atoms with Crippen LogP contribution in [0.2, 0.25) is 0 Å². The fourth-order valence-electron chi connectivity index (χ4n) is 2.90. The topological polar surface area (TPSA) is 58.6 Å². The van der Waals surface area contributed by atoms with Crippen molar-refractivity contribution in [3.8, 4) is 0 Å². The highest BCUT2D eigenvalue weighted by Crippen LogP contribution is 2.21. The monoisotopic (exact) mass is 372 g/mol. The summed E-state index contributed by atoms with van der Waals surface area (Å²) in [6.45, 7) is 5.00. The Balaban J connectivity index is 1.51. The molecule has 1 saturated heterocycles. The summed E-state index contributed by atoms with van der Waals surface area (Å²) in [4.78, 5) is 27.2. The second kappa shape index (κ2) is 8.47. The molecule has 138 valence electrons. The van der Waals surface area contributed by atoms with Gasteiger partial charge in [-0.05, 0) is 55.0 Å². The summed E-state index contributed by atoms with van der Waals surface area (Å²) in [6, 6.07) is 10.0. The molecule has 0 bridgehead atoms. The van der Waals surface area contributed by atoms with E-state index in [1.165, 1.54) is 10.4 Å². The fourth-order valence-corrected chi connectivity index (χ4v) is 3.61. The van der Waals surface area contributed by atoms with Crippen LogP contribution < -0.4 is 10.2 Å². The minimum Gasteiger partial charge on any atom is -0.365 e. The molecule has 3 rings (SSSR count). The van der Waals surface area contributed by atoms with E-state index >= 15 is 0 Å². The van der Waals surface area contributed by atoms with Gasteiger partial charge in [-0.1, -0.05) is 12.1 Å². The summed E-state index contributed by atoms with van der Waals surface area (Å²) in [7, 11) is 0. The highest BCUT2D eigenvalue weighted by molar-refractivity contribution is 7.09. The molecule has 1 unspecified atom stereocenters. The normalized spacial score (nSPS) is 17.4. The number of aryl methyl sites for hydroxylation is 3. The number of ether oxygens (including phenoxy) is 1. The van der Waals surface area contributed by atoms with Gasteiger partial charge in [0.25, 0.3) is 5.91 Å². The number of carbonyl (C=O) groups is 2. The number of nitrogens with one attached hydrogen (secondary N) is 1. The standard InChI is InChI=1S/C20H24N2O3S/c1-14-5-6-16(10-15(14)2)22-12-17(25-13-20(22)24)11-21-19(23)8-7-18-4-3-9-26-18/h3-6,9-10,17H,7-8,11-13H2,1-2H3,(H,21,23). The lowest BCUT2D eigenvalue weighted by atomic mass is 10.1. The van der Waals surface area contributed by atoms with Crippen LogP contribution in [0.15, 0.2) is 35.7 Å². The zero-order valence-electron chi connectivity index (χ0n) is 15.2. The number of hydrogen-bond donors (Lipinski definition) is 1. The van der Waals surface area contributed by atoms with Crippen molar-refractivity contribution in [3.05, 3.63) is 51.7 Å². The molecule has 2 aromatic rings. The van der Waals surface area contributed by atoms with Gasteiger partial charge in [-0.15, -0.1) is 11.3 Å². The Kier molecular flexibility index (Phi) is 6.06.